The normalized spacial score (nSPS) is 17.7. The lowest BCUT2D eigenvalue weighted by molar-refractivity contribution is -0.117. The van der Waals surface area contributed by atoms with E-state index in [0.717, 1.165) is 11.3 Å². The number of amides is 1. The predicted octanol–water partition coefficient (Wildman–Crippen LogP) is 1.96. The summed E-state index contributed by atoms with van der Waals surface area (Å²) in [4.78, 5) is 29.1. The largest absolute Gasteiger partial charge is 0.312 e. The number of hydrogen-bond acceptors (Lipinski definition) is 5. The van der Waals surface area contributed by atoms with Gasteiger partial charge in [0.15, 0.2) is 5.12 Å². The number of thioether (sulfide) groups is 1. The van der Waals surface area contributed by atoms with Crippen LogP contribution in [0, 0.1) is 5.92 Å². The van der Waals surface area contributed by atoms with Gasteiger partial charge in [0, 0.05) is 31.3 Å². The molecule has 0 spiro atoms. The van der Waals surface area contributed by atoms with E-state index in [1.165, 1.54) is 18.1 Å². The molecule has 7 heteroatoms. The van der Waals surface area contributed by atoms with Crippen molar-refractivity contribution in [3.05, 3.63) is 42.5 Å². The third kappa shape index (κ3) is 3.98. The van der Waals surface area contributed by atoms with Crippen LogP contribution >= 0.6 is 11.8 Å². The highest BCUT2D eigenvalue weighted by atomic mass is 32.2. The maximum absolute atomic E-state index is 12.3. The van der Waals surface area contributed by atoms with Gasteiger partial charge in [0.2, 0.25) is 5.91 Å². The van der Waals surface area contributed by atoms with Crippen molar-refractivity contribution in [1.82, 2.24) is 14.8 Å². The number of nitrogens with zero attached hydrogens (tertiary/aromatic N) is 4. The summed E-state index contributed by atoms with van der Waals surface area (Å²) < 4.78 is 1.75. The van der Waals surface area contributed by atoms with Gasteiger partial charge in [-0.1, -0.05) is 23.9 Å². The van der Waals surface area contributed by atoms with E-state index in [1.807, 2.05) is 29.2 Å². The smallest absolute Gasteiger partial charge is 0.227 e. The van der Waals surface area contributed by atoms with E-state index < -0.39 is 0 Å². The van der Waals surface area contributed by atoms with E-state index in [2.05, 4.69) is 10.1 Å². The summed E-state index contributed by atoms with van der Waals surface area (Å²) >= 11 is 1.30. The highest BCUT2D eigenvalue weighted by molar-refractivity contribution is 8.13. The van der Waals surface area contributed by atoms with Gasteiger partial charge in [-0.2, -0.15) is 5.10 Å². The molecule has 1 saturated heterocycles. The molecule has 6 nitrogen and oxygen atoms in total. The van der Waals surface area contributed by atoms with Gasteiger partial charge in [0.25, 0.3) is 0 Å². The van der Waals surface area contributed by atoms with Crippen molar-refractivity contribution in [3.63, 3.8) is 0 Å². The maximum atomic E-state index is 12.3. The molecule has 0 radical (unpaired) electrons. The summed E-state index contributed by atoms with van der Waals surface area (Å²) in [5, 5.41) is 4.20. The lowest BCUT2D eigenvalue weighted by Crippen LogP contribution is -2.24. The van der Waals surface area contributed by atoms with Crippen LogP contribution in [0.5, 0.6) is 0 Å². The molecule has 2 heterocycles. The lowest BCUT2D eigenvalue weighted by atomic mass is 10.1. The van der Waals surface area contributed by atoms with Crippen LogP contribution in [-0.2, 0) is 16.1 Å². The molecule has 1 unspecified atom stereocenters. The minimum atomic E-state index is 0.103. The number of aromatic nitrogens is 3. The fourth-order valence-corrected chi connectivity index (χ4v) is 3.40. The maximum Gasteiger partial charge on any atom is 0.227 e. The third-order valence-corrected chi connectivity index (χ3v) is 4.81. The molecule has 0 saturated carbocycles. The van der Waals surface area contributed by atoms with Crippen LogP contribution in [0.4, 0.5) is 5.69 Å². The van der Waals surface area contributed by atoms with E-state index in [0.29, 0.717) is 25.3 Å². The Labute approximate surface area is 138 Å². The van der Waals surface area contributed by atoms with Gasteiger partial charge in [-0.15, -0.1) is 0 Å². The fourth-order valence-electron chi connectivity index (χ4n) is 2.70. The Kier molecular flexibility index (Phi) is 4.76. The van der Waals surface area contributed by atoms with Gasteiger partial charge in [-0.05, 0) is 23.6 Å². The van der Waals surface area contributed by atoms with Crippen LogP contribution < -0.4 is 4.90 Å². The average Bonchev–Trinajstić information content (AvgIpc) is 3.15. The van der Waals surface area contributed by atoms with Crippen LogP contribution in [0.1, 0.15) is 18.9 Å². The Balaban J connectivity index is 1.69. The van der Waals surface area contributed by atoms with Gasteiger partial charge in [-0.3, -0.25) is 9.59 Å². The van der Waals surface area contributed by atoms with Crippen molar-refractivity contribution in [3.8, 4) is 0 Å². The van der Waals surface area contributed by atoms with Crippen molar-refractivity contribution in [2.45, 2.75) is 19.9 Å². The number of rotatable bonds is 5. The second-order valence-electron chi connectivity index (χ2n) is 5.64. The molecule has 1 atom stereocenters. The first-order chi connectivity index (χ1) is 11.1. The van der Waals surface area contributed by atoms with E-state index >= 15 is 0 Å². The summed E-state index contributed by atoms with van der Waals surface area (Å²) in [6.45, 7) is 2.86. The number of carbonyl (C=O) groups excluding carboxylic acids is 2. The zero-order valence-corrected chi connectivity index (χ0v) is 13.7. The second-order valence-corrected chi connectivity index (χ2v) is 6.84. The van der Waals surface area contributed by atoms with E-state index in [4.69, 9.17) is 0 Å². The van der Waals surface area contributed by atoms with Gasteiger partial charge in [-0.25, -0.2) is 9.67 Å². The number of carbonyl (C=O) groups is 2. The predicted molar refractivity (Wildman–Crippen MR) is 89.2 cm³/mol. The summed E-state index contributed by atoms with van der Waals surface area (Å²) in [6, 6.07) is 7.92. The summed E-state index contributed by atoms with van der Waals surface area (Å²) in [7, 11) is 0. The van der Waals surface area contributed by atoms with Crippen LogP contribution in [0.2, 0.25) is 0 Å². The molecule has 1 aliphatic heterocycles. The highest BCUT2D eigenvalue weighted by Crippen LogP contribution is 2.28. The number of hydrogen-bond donors (Lipinski definition) is 0. The second kappa shape index (κ2) is 6.95. The molecular weight excluding hydrogens is 312 g/mol. The van der Waals surface area contributed by atoms with E-state index in [-0.39, 0.29) is 16.9 Å². The molecule has 3 rings (SSSR count). The molecule has 1 aromatic carbocycles. The molecule has 1 fully saturated rings. The van der Waals surface area contributed by atoms with Crippen molar-refractivity contribution >= 4 is 28.5 Å². The molecule has 0 aliphatic carbocycles. The molecule has 120 valence electrons. The zero-order valence-electron chi connectivity index (χ0n) is 12.9. The van der Waals surface area contributed by atoms with E-state index in [9.17, 15) is 9.59 Å². The minimum absolute atomic E-state index is 0.103. The van der Waals surface area contributed by atoms with Crippen molar-refractivity contribution < 1.29 is 9.59 Å². The molecule has 1 aromatic heterocycles. The van der Waals surface area contributed by atoms with Crippen molar-refractivity contribution in [2.75, 3.05) is 17.2 Å². The Morgan fingerprint density at radius 3 is 3.04 bits per heavy atom. The summed E-state index contributed by atoms with van der Waals surface area (Å²) in [6.07, 6.45) is 3.68. The zero-order chi connectivity index (χ0) is 16.2. The lowest BCUT2D eigenvalue weighted by Gasteiger charge is -2.17. The van der Waals surface area contributed by atoms with Crippen molar-refractivity contribution in [2.24, 2.45) is 5.92 Å². The van der Waals surface area contributed by atoms with E-state index in [1.54, 1.807) is 17.9 Å². The fraction of sp³-hybridized carbons (Fsp3) is 0.375. The topological polar surface area (TPSA) is 68.1 Å². The summed E-state index contributed by atoms with van der Waals surface area (Å²) in [5.74, 6) is 1.06. The van der Waals surface area contributed by atoms with Gasteiger partial charge >= 0.3 is 0 Å². The number of benzene rings is 1. The average molecular weight is 330 g/mol. The minimum Gasteiger partial charge on any atom is -0.312 e. The molecule has 0 bridgehead atoms. The Morgan fingerprint density at radius 1 is 1.43 bits per heavy atom. The van der Waals surface area contributed by atoms with Crippen LogP contribution in [0.15, 0.2) is 36.9 Å². The Hall–Kier alpha value is -2.15. The molecule has 2 aromatic rings. The first-order valence-corrected chi connectivity index (χ1v) is 8.45. The SMILES string of the molecule is CC(=O)SCC1CC(=O)N(c2cccc(Cn3cncn3)c2)C1. The molecule has 1 amide bonds. The van der Waals surface area contributed by atoms with Gasteiger partial charge < -0.3 is 4.90 Å². The third-order valence-electron chi connectivity index (χ3n) is 3.76. The Bertz CT molecular complexity index is 702. The molecule has 23 heavy (non-hydrogen) atoms. The molecule has 1 aliphatic rings. The quantitative estimate of drug-likeness (QED) is 0.838. The summed E-state index contributed by atoms with van der Waals surface area (Å²) in [5.41, 5.74) is 1.98. The number of anilines is 1. The van der Waals surface area contributed by atoms with Crippen LogP contribution in [-0.4, -0.2) is 38.1 Å². The van der Waals surface area contributed by atoms with Crippen LogP contribution in [0.25, 0.3) is 0 Å². The highest BCUT2D eigenvalue weighted by Gasteiger charge is 2.30. The van der Waals surface area contributed by atoms with Crippen molar-refractivity contribution in [1.29, 1.82) is 0 Å². The molecular formula is C16H18N4O2S. The first kappa shape index (κ1) is 15.7. The monoisotopic (exact) mass is 330 g/mol. The standard InChI is InChI=1S/C16H18N4O2S/c1-12(21)23-9-14-6-16(22)20(8-14)15-4-2-3-13(5-15)7-19-11-17-10-18-19/h2-5,10-11,14H,6-9H2,1H3. The Morgan fingerprint density at radius 2 is 2.30 bits per heavy atom. The van der Waals surface area contributed by atoms with Crippen LogP contribution in [0.3, 0.4) is 0 Å². The van der Waals surface area contributed by atoms with Gasteiger partial charge in [0.1, 0.15) is 12.7 Å². The van der Waals surface area contributed by atoms with Gasteiger partial charge in [0.05, 0.1) is 6.54 Å². The first-order valence-electron chi connectivity index (χ1n) is 7.47. The molecule has 0 N–H and O–H groups in total.